The summed E-state index contributed by atoms with van der Waals surface area (Å²) >= 11 is 0. The van der Waals surface area contributed by atoms with Crippen molar-refractivity contribution in [2.24, 2.45) is 0 Å². The maximum Gasteiger partial charge on any atom is 0.0795 e. The summed E-state index contributed by atoms with van der Waals surface area (Å²) in [6, 6.07) is 10.6. The van der Waals surface area contributed by atoms with Gasteiger partial charge in [0.2, 0.25) is 0 Å². The molecular weight excluding hydrogens is 212 g/mol. The molecule has 0 saturated heterocycles. The van der Waals surface area contributed by atoms with Gasteiger partial charge in [-0.25, -0.2) is 0 Å². The first kappa shape index (κ1) is 14.2. The zero-order chi connectivity index (χ0) is 12.9. The van der Waals surface area contributed by atoms with Crippen molar-refractivity contribution in [1.82, 2.24) is 10.2 Å². The van der Waals surface area contributed by atoms with Crippen LogP contribution >= 0.6 is 0 Å². The standard InChI is InChI=1S/C14H24N2O/c1-12(2)16(4)10-14(11-17,15-3)13-8-6-5-7-9-13/h5-9,12,15,17H,10-11H2,1-4H3. The summed E-state index contributed by atoms with van der Waals surface area (Å²) in [5.41, 5.74) is 0.734. The maximum absolute atomic E-state index is 9.77. The molecule has 3 nitrogen and oxygen atoms in total. The molecule has 0 radical (unpaired) electrons. The largest absolute Gasteiger partial charge is 0.394 e. The number of aliphatic hydroxyl groups excluding tert-OH is 1. The number of nitrogens with one attached hydrogen (secondary N) is 1. The van der Waals surface area contributed by atoms with Crippen molar-refractivity contribution in [3.63, 3.8) is 0 Å². The summed E-state index contributed by atoms with van der Waals surface area (Å²) in [6.45, 7) is 5.18. The molecule has 0 spiro atoms. The maximum atomic E-state index is 9.77. The quantitative estimate of drug-likeness (QED) is 0.784. The Morgan fingerprint density at radius 1 is 1.29 bits per heavy atom. The zero-order valence-electron chi connectivity index (χ0n) is 11.3. The molecule has 1 unspecified atom stereocenters. The van der Waals surface area contributed by atoms with Crippen molar-refractivity contribution in [1.29, 1.82) is 0 Å². The summed E-state index contributed by atoms with van der Waals surface area (Å²) in [4.78, 5) is 2.24. The molecule has 0 heterocycles. The number of rotatable bonds is 6. The molecule has 0 fully saturated rings. The number of nitrogens with zero attached hydrogens (tertiary/aromatic N) is 1. The highest BCUT2D eigenvalue weighted by Crippen LogP contribution is 2.22. The van der Waals surface area contributed by atoms with Crippen molar-refractivity contribution < 1.29 is 5.11 Å². The third-order valence-corrected chi connectivity index (χ3v) is 3.48. The van der Waals surface area contributed by atoms with E-state index in [4.69, 9.17) is 0 Å². The molecule has 0 amide bonds. The number of aliphatic hydroxyl groups is 1. The van der Waals surface area contributed by atoms with Gasteiger partial charge in [0.05, 0.1) is 12.1 Å². The van der Waals surface area contributed by atoms with Crippen molar-refractivity contribution in [3.8, 4) is 0 Å². The van der Waals surface area contributed by atoms with Gasteiger partial charge in [-0.2, -0.15) is 0 Å². The molecule has 0 aliphatic heterocycles. The van der Waals surface area contributed by atoms with Crippen LogP contribution in [0.3, 0.4) is 0 Å². The van der Waals surface area contributed by atoms with Gasteiger partial charge in [0, 0.05) is 12.6 Å². The minimum absolute atomic E-state index is 0.0879. The first-order chi connectivity index (χ1) is 8.05. The first-order valence-corrected chi connectivity index (χ1v) is 6.11. The number of hydrogen-bond donors (Lipinski definition) is 2. The van der Waals surface area contributed by atoms with E-state index in [2.05, 4.69) is 43.2 Å². The fraction of sp³-hybridized carbons (Fsp3) is 0.571. The normalized spacial score (nSPS) is 15.2. The van der Waals surface area contributed by atoms with E-state index in [0.717, 1.165) is 12.1 Å². The van der Waals surface area contributed by atoms with Crippen LogP contribution in [0.2, 0.25) is 0 Å². The fourth-order valence-electron chi connectivity index (χ4n) is 1.90. The van der Waals surface area contributed by atoms with Crippen molar-refractivity contribution >= 4 is 0 Å². The molecule has 2 N–H and O–H groups in total. The molecule has 1 rings (SSSR count). The van der Waals surface area contributed by atoms with Crippen LogP contribution in [0.4, 0.5) is 0 Å². The molecule has 0 aliphatic rings. The zero-order valence-corrected chi connectivity index (χ0v) is 11.3. The van der Waals surface area contributed by atoms with Gasteiger partial charge in [-0.3, -0.25) is 0 Å². The molecule has 0 aromatic heterocycles. The molecule has 0 saturated carbocycles. The SMILES string of the molecule is CNC(CO)(CN(C)C(C)C)c1ccccc1. The lowest BCUT2D eigenvalue weighted by Gasteiger charge is -2.37. The number of benzene rings is 1. The second kappa shape index (κ2) is 6.15. The Labute approximate surface area is 104 Å². The topological polar surface area (TPSA) is 35.5 Å². The molecule has 1 aromatic carbocycles. The molecular formula is C14H24N2O. The predicted octanol–water partition coefficient (Wildman–Crippen LogP) is 1.43. The Hall–Kier alpha value is -0.900. The second-order valence-corrected chi connectivity index (χ2v) is 4.87. The smallest absolute Gasteiger partial charge is 0.0795 e. The third kappa shape index (κ3) is 3.28. The van der Waals surface area contributed by atoms with Crippen LogP contribution in [0.25, 0.3) is 0 Å². The van der Waals surface area contributed by atoms with E-state index in [0.29, 0.717) is 6.04 Å². The average Bonchev–Trinajstić information content (AvgIpc) is 2.36. The van der Waals surface area contributed by atoms with Crippen LogP contribution in [0.15, 0.2) is 30.3 Å². The number of likely N-dealkylation sites (N-methyl/N-ethyl adjacent to an activating group) is 2. The molecule has 96 valence electrons. The summed E-state index contributed by atoms with van der Waals surface area (Å²) in [6.07, 6.45) is 0. The highest BCUT2D eigenvalue weighted by molar-refractivity contribution is 5.25. The molecule has 0 bridgehead atoms. The van der Waals surface area contributed by atoms with Gasteiger partial charge in [0.1, 0.15) is 0 Å². The molecule has 17 heavy (non-hydrogen) atoms. The van der Waals surface area contributed by atoms with Gasteiger partial charge in [-0.15, -0.1) is 0 Å². The summed E-state index contributed by atoms with van der Waals surface area (Å²) in [5.74, 6) is 0. The lowest BCUT2D eigenvalue weighted by molar-refractivity contribution is 0.112. The highest BCUT2D eigenvalue weighted by Gasteiger charge is 2.31. The lowest BCUT2D eigenvalue weighted by atomic mass is 9.90. The minimum Gasteiger partial charge on any atom is -0.394 e. The van der Waals surface area contributed by atoms with Crippen LogP contribution in [-0.2, 0) is 5.54 Å². The van der Waals surface area contributed by atoms with E-state index >= 15 is 0 Å². The molecule has 1 aromatic rings. The van der Waals surface area contributed by atoms with E-state index in [1.54, 1.807) is 0 Å². The number of hydrogen-bond acceptors (Lipinski definition) is 3. The van der Waals surface area contributed by atoms with Crippen LogP contribution < -0.4 is 5.32 Å². The van der Waals surface area contributed by atoms with E-state index < -0.39 is 0 Å². The first-order valence-electron chi connectivity index (χ1n) is 6.11. The van der Waals surface area contributed by atoms with Crippen LogP contribution in [-0.4, -0.2) is 43.3 Å². The Bertz CT molecular complexity index is 320. The summed E-state index contributed by atoms with van der Waals surface area (Å²) < 4.78 is 0. The highest BCUT2D eigenvalue weighted by atomic mass is 16.3. The van der Waals surface area contributed by atoms with Gasteiger partial charge < -0.3 is 15.3 Å². The van der Waals surface area contributed by atoms with Crippen molar-refractivity contribution in [2.45, 2.75) is 25.4 Å². The average molecular weight is 236 g/mol. The van der Waals surface area contributed by atoms with Gasteiger partial charge in [-0.1, -0.05) is 30.3 Å². The molecule has 0 aliphatic carbocycles. The van der Waals surface area contributed by atoms with Crippen molar-refractivity contribution in [3.05, 3.63) is 35.9 Å². The minimum atomic E-state index is -0.389. The van der Waals surface area contributed by atoms with Gasteiger partial charge in [-0.05, 0) is 33.5 Å². The summed E-state index contributed by atoms with van der Waals surface area (Å²) in [5, 5.41) is 13.0. The Morgan fingerprint density at radius 3 is 2.29 bits per heavy atom. The van der Waals surface area contributed by atoms with E-state index in [-0.39, 0.29) is 12.1 Å². The van der Waals surface area contributed by atoms with Gasteiger partial charge in [0.15, 0.2) is 0 Å². The Morgan fingerprint density at radius 2 is 1.88 bits per heavy atom. The Balaban J connectivity index is 2.97. The van der Waals surface area contributed by atoms with Crippen LogP contribution in [0, 0.1) is 0 Å². The van der Waals surface area contributed by atoms with Crippen molar-refractivity contribution in [2.75, 3.05) is 27.2 Å². The lowest BCUT2D eigenvalue weighted by Crippen LogP contribution is -2.52. The molecule has 3 heteroatoms. The van der Waals surface area contributed by atoms with E-state index in [9.17, 15) is 5.11 Å². The third-order valence-electron chi connectivity index (χ3n) is 3.48. The second-order valence-electron chi connectivity index (χ2n) is 4.87. The van der Waals surface area contributed by atoms with Crippen LogP contribution in [0.1, 0.15) is 19.4 Å². The van der Waals surface area contributed by atoms with Crippen LogP contribution in [0.5, 0.6) is 0 Å². The molecule has 1 atom stereocenters. The van der Waals surface area contributed by atoms with E-state index in [1.807, 2.05) is 25.2 Å². The fourth-order valence-corrected chi connectivity index (χ4v) is 1.90. The van der Waals surface area contributed by atoms with Gasteiger partial charge in [0.25, 0.3) is 0 Å². The monoisotopic (exact) mass is 236 g/mol. The van der Waals surface area contributed by atoms with E-state index in [1.165, 1.54) is 0 Å². The predicted molar refractivity (Wildman–Crippen MR) is 72.0 cm³/mol. The van der Waals surface area contributed by atoms with Gasteiger partial charge >= 0.3 is 0 Å². The Kier molecular flexibility index (Phi) is 5.12. The summed E-state index contributed by atoms with van der Waals surface area (Å²) in [7, 11) is 3.98.